The van der Waals surface area contributed by atoms with Crippen molar-refractivity contribution in [3.63, 3.8) is 0 Å². The summed E-state index contributed by atoms with van der Waals surface area (Å²) in [6.07, 6.45) is 7.71. The van der Waals surface area contributed by atoms with Gasteiger partial charge < -0.3 is 14.4 Å². The number of ether oxygens (including phenoxy) is 2. The van der Waals surface area contributed by atoms with Crippen molar-refractivity contribution in [2.45, 2.75) is 52.0 Å². The molecule has 4 heteroatoms. The highest BCUT2D eigenvalue weighted by Crippen LogP contribution is 2.52. The van der Waals surface area contributed by atoms with E-state index in [2.05, 4.69) is 41.0 Å². The fourth-order valence-electron chi connectivity index (χ4n) is 5.19. The molecule has 4 rings (SSSR count). The van der Waals surface area contributed by atoms with Crippen molar-refractivity contribution in [2.24, 2.45) is 17.8 Å². The van der Waals surface area contributed by atoms with Gasteiger partial charge in [0.25, 0.3) is 0 Å². The fraction of sp³-hybridized carbons (Fsp3) is 0.760. The van der Waals surface area contributed by atoms with Gasteiger partial charge in [-0.15, -0.1) is 0 Å². The highest BCUT2D eigenvalue weighted by molar-refractivity contribution is 5.27. The Balaban J connectivity index is 1.06. The number of unbranched alkanes of at least 4 members (excludes halogenated alkanes) is 1. The Morgan fingerprint density at radius 1 is 0.897 bits per heavy atom. The molecule has 0 amide bonds. The molecule has 4 nitrogen and oxygen atoms in total. The van der Waals surface area contributed by atoms with E-state index in [-0.39, 0.29) is 0 Å². The van der Waals surface area contributed by atoms with E-state index in [0.717, 1.165) is 56.3 Å². The monoisotopic (exact) mass is 400 g/mol. The van der Waals surface area contributed by atoms with Crippen LogP contribution in [0.5, 0.6) is 5.75 Å². The summed E-state index contributed by atoms with van der Waals surface area (Å²) in [6.45, 7) is 12.4. The second-order valence-corrected chi connectivity index (χ2v) is 9.36. The summed E-state index contributed by atoms with van der Waals surface area (Å²) in [7, 11) is 0. The van der Waals surface area contributed by atoms with Gasteiger partial charge in [0.2, 0.25) is 0 Å². The Bertz CT molecular complexity index is 587. The maximum absolute atomic E-state index is 6.03. The largest absolute Gasteiger partial charge is 0.494 e. The first-order valence-corrected chi connectivity index (χ1v) is 12.1. The molecule has 0 N–H and O–H groups in total. The van der Waals surface area contributed by atoms with Crippen LogP contribution < -0.4 is 4.74 Å². The van der Waals surface area contributed by atoms with Crippen LogP contribution in [0.25, 0.3) is 0 Å². The molecule has 0 aromatic heterocycles. The number of fused-ring (bicyclic) bond motifs is 1. The first-order valence-electron chi connectivity index (χ1n) is 12.1. The van der Waals surface area contributed by atoms with Gasteiger partial charge in [-0.05, 0) is 74.2 Å². The predicted molar refractivity (Wildman–Crippen MR) is 118 cm³/mol. The van der Waals surface area contributed by atoms with E-state index in [1.165, 1.54) is 70.4 Å². The van der Waals surface area contributed by atoms with Crippen molar-refractivity contribution in [1.29, 1.82) is 0 Å². The summed E-state index contributed by atoms with van der Waals surface area (Å²) in [5, 5.41) is 0. The van der Waals surface area contributed by atoms with Crippen molar-refractivity contribution in [3.05, 3.63) is 29.8 Å². The van der Waals surface area contributed by atoms with Crippen LogP contribution in [0.2, 0.25) is 0 Å². The lowest BCUT2D eigenvalue weighted by Crippen LogP contribution is -2.31. The van der Waals surface area contributed by atoms with Crippen LogP contribution in [-0.4, -0.2) is 62.3 Å². The molecular formula is C25H40N2O2. The zero-order chi connectivity index (χ0) is 19.9. The number of piperidine rings is 2. The average molecular weight is 401 g/mol. The van der Waals surface area contributed by atoms with Crippen molar-refractivity contribution in [1.82, 2.24) is 9.80 Å². The van der Waals surface area contributed by atoms with Gasteiger partial charge in [-0.1, -0.05) is 31.9 Å². The fourth-order valence-corrected chi connectivity index (χ4v) is 5.19. The third-order valence-corrected chi connectivity index (χ3v) is 7.07. The predicted octanol–water partition coefficient (Wildman–Crippen LogP) is 4.44. The highest BCUT2D eigenvalue weighted by Gasteiger charge is 2.55. The van der Waals surface area contributed by atoms with E-state index in [1.807, 2.05) is 0 Å². The van der Waals surface area contributed by atoms with Crippen molar-refractivity contribution in [2.75, 3.05) is 52.5 Å². The third kappa shape index (κ3) is 6.19. The van der Waals surface area contributed by atoms with E-state index in [1.54, 1.807) is 0 Å². The Kier molecular flexibility index (Phi) is 7.87. The molecule has 162 valence electrons. The van der Waals surface area contributed by atoms with Gasteiger partial charge in [0.1, 0.15) is 5.75 Å². The van der Waals surface area contributed by atoms with E-state index in [4.69, 9.17) is 9.47 Å². The molecule has 0 radical (unpaired) electrons. The second kappa shape index (κ2) is 10.8. The SMILES string of the molecule is CCCCOc1ccc(CN2CC3C(COCCCN4CCCCC4)C3C2)cc1. The maximum Gasteiger partial charge on any atom is 0.119 e. The topological polar surface area (TPSA) is 24.9 Å². The molecule has 0 bridgehead atoms. The number of hydrogen-bond donors (Lipinski definition) is 0. The molecule has 29 heavy (non-hydrogen) atoms. The molecule has 3 aliphatic rings. The highest BCUT2D eigenvalue weighted by atomic mass is 16.5. The molecule has 3 fully saturated rings. The molecule has 2 unspecified atom stereocenters. The molecule has 2 saturated heterocycles. The zero-order valence-corrected chi connectivity index (χ0v) is 18.4. The smallest absolute Gasteiger partial charge is 0.119 e. The second-order valence-electron chi connectivity index (χ2n) is 9.36. The number of nitrogens with zero attached hydrogens (tertiary/aromatic N) is 2. The number of benzene rings is 1. The summed E-state index contributed by atoms with van der Waals surface area (Å²) in [4.78, 5) is 5.23. The molecule has 0 spiro atoms. The van der Waals surface area contributed by atoms with Crippen LogP contribution in [0.4, 0.5) is 0 Å². The summed E-state index contributed by atoms with van der Waals surface area (Å²) >= 11 is 0. The van der Waals surface area contributed by atoms with Crippen LogP contribution in [0.1, 0.15) is 51.0 Å². The first kappa shape index (κ1) is 21.1. The normalized spacial score (nSPS) is 27.1. The summed E-state index contributed by atoms with van der Waals surface area (Å²) in [6, 6.07) is 8.72. The summed E-state index contributed by atoms with van der Waals surface area (Å²) in [5.74, 6) is 3.60. The first-order chi connectivity index (χ1) is 14.3. The van der Waals surface area contributed by atoms with Gasteiger partial charge in [-0.3, -0.25) is 4.90 Å². The molecule has 1 aliphatic carbocycles. The van der Waals surface area contributed by atoms with Gasteiger partial charge in [0.05, 0.1) is 13.2 Å². The van der Waals surface area contributed by atoms with Crippen LogP contribution >= 0.6 is 0 Å². The van der Waals surface area contributed by atoms with E-state index in [9.17, 15) is 0 Å². The third-order valence-electron chi connectivity index (χ3n) is 7.07. The van der Waals surface area contributed by atoms with E-state index >= 15 is 0 Å². The molecule has 2 atom stereocenters. The van der Waals surface area contributed by atoms with Crippen molar-refractivity contribution < 1.29 is 9.47 Å². The summed E-state index contributed by atoms with van der Waals surface area (Å²) in [5.41, 5.74) is 1.40. The standard InChI is InChI=1S/C25H40N2O2/c1-2-3-16-29-22-10-8-21(9-11-22)17-27-18-23-24(19-27)25(23)20-28-15-7-14-26-12-5-4-6-13-26/h8-11,23-25H,2-7,12-20H2,1H3. The number of likely N-dealkylation sites (tertiary alicyclic amines) is 2. The van der Waals surface area contributed by atoms with Gasteiger partial charge in [0, 0.05) is 32.8 Å². The van der Waals surface area contributed by atoms with Gasteiger partial charge in [0.15, 0.2) is 0 Å². The molecular weight excluding hydrogens is 360 g/mol. The van der Waals surface area contributed by atoms with Crippen molar-refractivity contribution in [3.8, 4) is 5.75 Å². The maximum atomic E-state index is 6.03. The van der Waals surface area contributed by atoms with Gasteiger partial charge in [-0.2, -0.15) is 0 Å². The van der Waals surface area contributed by atoms with E-state index < -0.39 is 0 Å². The Labute approximate surface area is 177 Å². The quantitative estimate of drug-likeness (QED) is 0.485. The number of rotatable bonds is 12. The number of hydrogen-bond acceptors (Lipinski definition) is 4. The van der Waals surface area contributed by atoms with Gasteiger partial charge in [-0.25, -0.2) is 0 Å². The van der Waals surface area contributed by atoms with Crippen LogP contribution in [0.15, 0.2) is 24.3 Å². The zero-order valence-electron chi connectivity index (χ0n) is 18.4. The van der Waals surface area contributed by atoms with Crippen LogP contribution in [-0.2, 0) is 11.3 Å². The molecule has 2 aliphatic heterocycles. The molecule has 1 saturated carbocycles. The van der Waals surface area contributed by atoms with Crippen molar-refractivity contribution >= 4 is 0 Å². The minimum Gasteiger partial charge on any atom is -0.494 e. The van der Waals surface area contributed by atoms with Gasteiger partial charge >= 0.3 is 0 Å². The van der Waals surface area contributed by atoms with Crippen LogP contribution in [0, 0.1) is 17.8 Å². The minimum atomic E-state index is 0.826. The molecule has 1 aromatic carbocycles. The lowest BCUT2D eigenvalue weighted by Gasteiger charge is -2.26. The molecule has 1 aromatic rings. The Morgan fingerprint density at radius 2 is 1.66 bits per heavy atom. The molecule has 2 heterocycles. The minimum absolute atomic E-state index is 0.826. The van der Waals surface area contributed by atoms with E-state index in [0.29, 0.717) is 0 Å². The Hall–Kier alpha value is -1.10. The lowest BCUT2D eigenvalue weighted by atomic mass is 10.1. The summed E-state index contributed by atoms with van der Waals surface area (Å²) < 4.78 is 11.8. The lowest BCUT2D eigenvalue weighted by molar-refractivity contribution is 0.0967. The Morgan fingerprint density at radius 3 is 2.38 bits per heavy atom. The van der Waals surface area contributed by atoms with Crippen LogP contribution in [0.3, 0.4) is 0 Å². The average Bonchev–Trinajstić information content (AvgIpc) is 3.20.